The molecule has 0 bridgehead atoms. The van der Waals surface area contributed by atoms with Crippen LogP contribution in [0.2, 0.25) is 0 Å². The molecular weight excluding hydrogens is 372 g/mol. The van der Waals surface area contributed by atoms with Crippen LogP contribution in [0.15, 0.2) is 91.4 Å². The van der Waals surface area contributed by atoms with Gasteiger partial charge in [-0.3, -0.25) is 9.78 Å². The Balaban J connectivity index is 1.64. The lowest BCUT2D eigenvalue weighted by Crippen LogP contribution is -2.09. The molecule has 5 heteroatoms. The number of amides is 1. The highest BCUT2D eigenvalue weighted by Gasteiger charge is 2.11. The first kappa shape index (κ1) is 19.3. The van der Waals surface area contributed by atoms with Gasteiger partial charge in [0.05, 0.1) is 5.69 Å². The lowest BCUT2D eigenvalue weighted by atomic mass is 10.1. The van der Waals surface area contributed by atoms with Crippen molar-refractivity contribution >= 4 is 17.7 Å². The summed E-state index contributed by atoms with van der Waals surface area (Å²) < 4.78 is 1.81. The second-order valence-electron chi connectivity index (χ2n) is 6.79. The Morgan fingerprint density at radius 3 is 2.60 bits per heavy atom. The molecule has 0 saturated carbocycles. The third-order valence-corrected chi connectivity index (χ3v) is 4.77. The maximum Gasteiger partial charge on any atom is 0.248 e. The van der Waals surface area contributed by atoms with E-state index in [0.717, 1.165) is 40.2 Å². The number of carbonyl (C=O) groups excluding carboxylic acids is 1. The predicted molar refractivity (Wildman–Crippen MR) is 120 cm³/mol. The maximum absolute atomic E-state index is 12.5. The molecule has 4 rings (SSSR count). The number of benzene rings is 2. The molecule has 0 spiro atoms. The van der Waals surface area contributed by atoms with Crippen LogP contribution in [0.4, 0.5) is 5.69 Å². The molecule has 0 fully saturated rings. The average Bonchev–Trinajstić information content (AvgIpc) is 3.24. The third kappa shape index (κ3) is 4.36. The molecule has 30 heavy (non-hydrogen) atoms. The van der Waals surface area contributed by atoms with Crippen LogP contribution < -0.4 is 5.32 Å². The number of hydrogen-bond acceptors (Lipinski definition) is 3. The smallest absolute Gasteiger partial charge is 0.248 e. The number of nitrogens with zero attached hydrogens (tertiary/aromatic N) is 3. The van der Waals surface area contributed by atoms with Gasteiger partial charge in [-0.2, -0.15) is 5.10 Å². The SMILES string of the molecule is CCc1ccccc1NC(=O)/C=C/c1cn(-c2ccccc2)nc1-c1cccnc1. The van der Waals surface area contributed by atoms with Gasteiger partial charge in [0.2, 0.25) is 5.91 Å². The zero-order valence-electron chi connectivity index (χ0n) is 16.7. The van der Waals surface area contributed by atoms with Gasteiger partial charge in [0.1, 0.15) is 5.69 Å². The van der Waals surface area contributed by atoms with Crippen molar-refractivity contribution in [2.45, 2.75) is 13.3 Å². The number of nitrogens with one attached hydrogen (secondary N) is 1. The lowest BCUT2D eigenvalue weighted by Gasteiger charge is -2.07. The second-order valence-corrected chi connectivity index (χ2v) is 6.79. The number of aryl methyl sites for hydroxylation is 1. The highest BCUT2D eigenvalue weighted by atomic mass is 16.1. The summed E-state index contributed by atoms with van der Waals surface area (Å²) in [6.07, 6.45) is 9.60. The van der Waals surface area contributed by atoms with Crippen molar-refractivity contribution in [3.63, 3.8) is 0 Å². The zero-order chi connectivity index (χ0) is 20.8. The van der Waals surface area contributed by atoms with Gasteiger partial charge in [-0.25, -0.2) is 4.68 Å². The molecule has 0 aliphatic rings. The molecule has 1 N–H and O–H groups in total. The Labute approximate surface area is 175 Å². The molecule has 0 saturated heterocycles. The second kappa shape index (κ2) is 9.01. The van der Waals surface area contributed by atoms with E-state index in [1.165, 1.54) is 0 Å². The Morgan fingerprint density at radius 2 is 1.83 bits per heavy atom. The molecule has 0 atom stereocenters. The fraction of sp³-hybridized carbons (Fsp3) is 0.0800. The van der Waals surface area contributed by atoms with Crippen LogP contribution in [0.5, 0.6) is 0 Å². The van der Waals surface area contributed by atoms with Crippen LogP contribution in [-0.2, 0) is 11.2 Å². The van der Waals surface area contributed by atoms with E-state index in [9.17, 15) is 4.79 Å². The number of carbonyl (C=O) groups is 1. The van der Waals surface area contributed by atoms with Crippen molar-refractivity contribution in [1.82, 2.24) is 14.8 Å². The van der Waals surface area contributed by atoms with Crippen molar-refractivity contribution in [2.24, 2.45) is 0 Å². The van der Waals surface area contributed by atoms with Gasteiger partial charge >= 0.3 is 0 Å². The monoisotopic (exact) mass is 394 g/mol. The highest BCUT2D eigenvalue weighted by molar-refractivity contribution is 6.02. The molecule has 148 valence electrons. The van der Waals surface area contributed by atoms with Crippen molar-refractivity contribution in [2.75, 3.05) is 5.32 Å². The Hall–Kier alpha value is -3.99. The molecular formula is C25H22N4O. The lowest BCUT2D eigenvalue weighted by molar-refractivity contribution is -0.111. The first-order valence-electron chi connectivity index (χ1n) is 9.87. The van der Waals surface area contributed by atoms with E-state index in [0.29, 0.717) is 0 Å². The summed E-state index contributed by atoms with van der Waals surface area (Å²) in [6.45, 7) is 2.07. The van der Waals surface area contributed by atoms with E-state index in [1.54, 1.807) is 24.5 Å². The quantitative estimate of drug-likeness (QED) is 0.460. The minimum Gasteiger partial charge on any atom is -0.322 e. The van der Waals surface area contributed by atoms with Gasteiger partial charge in [0.25, 0.3) is 0 Å². The molecule has 0 unspecified atom stereocenters. The molecule has 2 heterocycles. The van der Waals surface area contributed by atoms with E-state index in [-0.39, 0.29) is 5.91 Å². The largest absolute Gasteiger partial charge is 0.322 e. The van der Waals surface area contributed by atoms with Gasteiger partial charge in [-0.1, -0.05) is 43.3 Å². The Bertz CT molecular complexity index is 1160. The van der Waals surface area contributed by atoms with E-state index in [4.69, 9.17) is 5.10 Å². The molecule has 0 radical (unpaired) electrons. The Kier molecular flexibility index (Phi) is 5.80. The summed E-state index contributed by atoms with van der Waals surface area (Å²) in [4.78, 5) is 16.7. The molecule has 0 aliphatic heterocycles. The number of anilines is 1. The van der Waals surface area contributed by atoms with Gasteiger partial charge < -0.3 is 5.32 Å². The van der Waals surface area contributed by atoms with Crippen LogP contribution in [0, 0.1) is 0 Å². The van der Waals surface area contributed by atoms with Gasteiger partial charge in [0, 0.05) is 41.5 Å². The summed E-state index contributed by atoms with van der Waals surface area (Å²) in [7, 11) is 0. The average molecular weight is 394 g/mol. The fourth-order valence-electron chi connectivity index (χ4n) is 3.24. The number of pyridine rings is 1. The summed E-state index contributed by atoms with van der Waals surface area (Å²) in [5.41, 5.74) is 5.39. The van der Waals surface area contributed by atoms with E-state index >= 15 is 0 Å². The maximum atomic E-state index is 12.5. The topological polar surface area (TPSA) is 59.8 Å². The third-order valence-electron chi connectivity index (χ3n) is 4.77. The van der Waals surface area contributed by atoms with Gasteiger partial charge in [-0.15, -0.1) is 0 Å². The molecule has 4 aromatic rings. The van der Waals surface area contributed by atoms with Gasteiger partial charge in [0.15, 0.2) is 0 Å². The summed E-state index contributed by atoms with van der Waals surface area (Å²) >= 11 is 0. The highest BCUT2D eigenvalue weighted by Crippen LogP contribution is 2.24. The predicted octanol–water partition coefficient (Wildman–Crippen LogP) is 5.15. The first-order chi connectivity index (χ1) is 14.7. The number of hydrogen-bond donors (Lipinski definition) is 1. The Morgan fingerprint density at radius 1 is 1.03 bits per heavy atom. The van der Waals surface area contributed by atoms with Crippen molar-refractivity contribution in [1.29, 1.82) is 0 Å². The number of rotatable bonds is 6. The minimum absolute atomic E-state index is 0.180. The van der Waals surface area contributed by atoms with Crippen molar-refractivity contribution < 1.29 is 4.79 Å². The summed E-state index contributed by atoms with van der Waals surface area (Å²) in [5, 5.41) is 7.70. The standard InChI is InChI=1S/C25H22N4O/c1-2-19-9-6-7-13-23(19)27-24(30)15-14-21-18-29(22-11-4-3-5-12-22)28-25(21)20-10-8-16-26-17-20/h3-18H,2H2,1H3,(H,27,30)/b15-14+. The van der Waals surface area contributed by atoms with Crippen LogP contribution in [0.25, 0.3) is 23.0 Å². The molecule has 1 amide bonds. The van der Waals surface area contributed by atoms with Gasteiger partial charge in [-0.05, 0) is 48.4 Å². The van der Waals surface area contributed by atoms with Crippen molar-refractivity contribution in [3.8, 4) is 16.9 Å². The van der Waals surface area contributed by atoms with E-state index in [1.807, 2.05) is 77.6 Å². The van der Waals surface area contributed by atoms with Crippen LogP contribution in [0.1, 0.15) is 18.1 Å². The minimum atomic E-state index is -0.180. The first-order valence-corrected chi connectivity index (χ1v) is 9.87. The zero-order valence-corrected chi connectivity index (χ0v) is 16.7. The van der Waals surface area contributed by atoms with E-state index < -0.39 is 0 Å². The summed E-state index contributed by atoms with van der Waals surface area (Å²) in [6, 6.07) is 21.5. The van der Waals surface area contributed by atoms with Crippen LogP contribution in [-0.4, -0.2) is 20.7 Å². The molecule has 2 aromatic heterocycles. The van der Waals surface area contributed by atoms with Crippen molar-refractivity contribution in [3.05, 3.63) is 103 Å². The van der Waals surface area contributed by atoms with Crippen LogP contribution >= 0.6 is 0 Å². The number of para-hydroxylation sites is 2. The fourth-order valence-corrected chi connectivity index (χ4v) is 3.24. The molecule has 5 nitrogen and oxygen atoms in total. The number of aromatic nitrogens is 3. The molecule has 2 aromatic carbocycles. The summed E-state index contributed by atoms with van der Waals surface area (Å²) in [5.74, 6) is -0.180. The normalized spacial score (nSPS) is 11.0. The molecule has 0 aliphatic carbocycles. The van der Waals surface area contributed by atoms with E-state index in [2.05, 4.69) is 17.2 Å². The van der Waals surface area contributed by atoms with Crippen LogP contribution in [0.3, 0.4) is 0 Å².